The van der Waals surface area contributed by atoms with E-state index in [9.17, 15) is 122 Å². The second-order valence-corrected chi connectivity index (χ2v) is 21.5. The fraction of sp³-hybridized carbons (Fsp3) is 1.00. The van der Waals surface area contributed by atoms with E-state index in [2.05, 4.69) is 4.52 Å². The van der Waals surface area contributed by atoms with Crippen LogP contribution in [0.5, 0.6) is 0 Å². The van der Waals surface area contributed by atoms with Gasteiger partial charge in [0.15, 0.2) is 44.0 Å². The lowest BCUT2D eigenvalue weighted by atomic mass is 9.95. The molecule has 7 rings (SSSR count). The maximum atomic E-state index is 11.8. The lowest BCUT2D eigenvalue weighted by molar-refractivity contribution is -0.407. The highest BCUT2D eigenvalue weighted by Gasteiger charge is 2.59. The molecule has 7 heterocycles. The molecule has 0 aromatic heterocycles. The third-order valence-corrected chi connectivity index (χ3v) is 15.3. The second kappa shape index (κ2) is 28.9. The summed E-state index contributed by atoms with van der Waals surface area (Å²) >= 11 is 0. The van der Waals surface area contributed by atoms with Crippen LogP contribution in [-0.4, -0.2) is 378 Å². The molecule has 480 valence electrons. The highest BCUT2D eigenvalue weighted by molar-refractivity contribution is 7.46. The summed E-state index contributed by atoms with van der Waals surface area (Å²) in [4.78, 5) is 18.5. The number of nitrogens with two attached hydrogens (primary N) is 1. The van der Waals surface area contributed by atoms with Gasteiger partial charge in [0.25, 0.3) is 0 Å². The van der Waals surface area contributed by atoms with Gasteiger partial charge in [-0.25, -0.2) is 4.57 Å². The lowest BCUT2D eigenvalue weighted by Gasteiger charge is -2.50. The molecule has 25 N–H and O–H groups in total. The zero-order chi connectivity index (χ0) is 60.6. The van der Waals surface area contributed by atoms with Crippen LogP contribution < -0.4 is 5.73 Å². The minimum absolute atomic E-state index is 0.976. The first-order valence-corrected chi connectivity index (χ1v) is 27.0. The van der Waals surface area contributed by atoms with Crippen molar-refractivity contribution in [3.63, 3.8) is 0 Å². The number of phosphoric acid groups is 1. The minimum Gasteiger partial charge on any atom is -0.394 e. The first-order chi connectivity index (χ1) is 38.6. The Kier molecular flexibility index (Phi) is 24.0. The van der Waals surface area contributed by atoms with E-state index >= 15 is 0 Å². The lowest BCUT2D eigenvalue weighted by Crippen LogP contribution is -2.68. The first kappa shape index (κ1) is 68.2. The van der Waals surface area contributed by atoms with E-state index in [1.807, 2.05) is 0 Å². The smallest absolute Gasteiger partial charge is 0.394 e. The number of ether oxygens (including phenoxy) is 13. The summed E-state index contributed by atoms with van der Waals surface area (Å²) in [6, 6.07) is -1.67. The molecule has 0 unspecified atom stereocenters. The van der Waals surface area contributed by atoms with Gasteiger partial charge in [0.05, 0.1) is 52.3 Å². The molecule has 82 heavy (non-hydrogen) atoms. The average molecular weight is 1230 g/mol. The second-order valence-electron chi connectivity index (χ2n) is 20.3. The molecule has 0 spiro atoms. The van der Waals surface area contributed by atoms with Crippen LogP contribution in [0.3, 0.4) is 0 Å². The van der Waals surface area contributed by atoms with Crippen molar-refractivity contribution in [1.82, 2.24) is 0 Å². The van der Waals surface area contributed by atoms with Gasteiger partial charge in [-0.3, -0.25) is 4.52 Å². The van der Waals surface area contributed by atoms with Crippen LogP contribution in [0.1, 0.15) is 0 Å². The number of hydrogen-bond acceptors (Lipinski definition) is 37. The van der Waals surface area contributed by atoms with Crippen LogP contribution in [0.4, 0.5) is 0 Å². The Bertz CT molecular complexity index is 2010. The van der Waals surface area contributed by atoms with Crippen LogP contribution in [0.2, 0.25) is 0 Å². The van der Waals surface area contributed by atoms with Crippen LogP contribution in [0.15, 0.2) is 0 Å². The van der Waals surface area contributed by atoms with Crippen molar-refractivity contribution in [1.29, 1.82) is 0 Å². The Morgan fingerprint density at radius 1 is 0.378 bits per heavy atom. The molecule has 7 aliphatic rings. The number of phosphoric ester groups is 1. The van der Waals surface area contributed by atoms with E-state index in [4.69, 9.17) is 67.3 Å². The molecule has 0 aliphatic carbocycles. The maximum Gasteiger partial charge on any atom is 0.469 e. The average Bonchev–Trinajstić information content (AvgIpc) is 4.05. The summed E-state index contributed by atoms with van der Waals surface area (Å²) < 4.78 is 90.3. The van der Waals surface area contributed by atoms with E-state index < -0.39 is 269 Å². The number of aliphatic hydroxyl groups excluding tert-OH is 21. The molecular formula is C42H74NO38P. The maximum absolute atomic E-state index is 11.8. The summed E-state index contributed by atoms with van der Waals surface area (Å²) in [6.07, 6.45) is -69.6. The Balaban J connectivity index is 1.19. The number of hydrogen-bond donors (Lipinski definition) is 24. The third kappa shape index (κ3) is 14.7. The van der Waals surface area contributed by atoms with Gasteiger partial charge in [0.2, 0.25) is 0 Å². The van der Waals surface area contributed by atoms with Gasteiger partial charge >= 0.3 is 7.82 Å². The normalized spacial score (nSPS) is 50.4. The van der Waals surface area contributed by atoms with Gasteiger partial charge in [-0.15, -0.1) is 0 Å². The van der Waals surface area contributed by atoms with Crippen molar-refractivity contribution in [3.05, 3.63) is 0 Å². The quantitative estimate of drug-likeness (QED) is 0.0422. The fourth-order valence-electron chi connectivity index (χ4n) is 10.1. The standard InChI is InChI=1S/C42H74NO38P/c43-15-20(55)31(14(70-36(15)64)7-69-82(65,66)67)77-37-25(60)21(56)17(52)13(74-37)6-68-41-34(22(57)16(51)10(3-46)72-41)80-42-35(33(19(54)12(5-48)73-42)79-39-27(62)24(59)30(76-39)9(50)2-45)81-40-28(63)32(18(53)11(4-47)71-40)78-38-26(61)23(58)29(75-38)8(49)1-44/h8-42,44-64H,1-7,43H2,(H2,65,66,67)/t8-,9-,10-,11-,12-,13-,14-,15-,16-,17-,18-,19-,20-,21+,22+,23-,24-,25+,26-,27-,28+,29+,30+,31-,32+,33+,34+,35+,36+,37-,38+,39+,40-,41+,42-/m1/s1. The molecule has 0 aromatic rings. The van der Waals surface area contributed by atoms with Gasteiger partial charge in [0.1, 0.15) is 165 Å². The van der Waals surface area contributed by atoms with Crippen LogP contribution >= 0.6 is 7.82 Å². The molecule has 0 saturated carbocycles. The van der Waals surface area contributed by atoms with Crippen LogP contribution in [-0.2, 0) is 70.7 Å². The van der Waals surface area contributed by atoms with Crippen LogP contribution in [0, 0.1) is 0 Å². The molecule has 7 saturated heterocycles. The fourth-order valence-corrected chi connectivity index (χ4v) is 10.4. The molecule has 39 nitrogen and oxygen atoms in total. The van der Waals surface area contributed by atoms with Crippen molar-refractivity contribution >= 4 is 7.82 Å². The molecule has 7 fully saturated rings. The summed E-state index contributed by atoms with van der Waals surface area (Å²) in [5, 5.41) is 225. The van der Waals surface area contributed by atoms with Gasteiger partial charge in [-0.2, -0.15) is 0 Å². The topological polar surface area (TPSA) is 638 Å². The van der Waals surface area contributed by atoms with Crippen LogP contribution in [0.25, 0.3) is 0 Å². The monoisotopic (exact) mass is 1230 g/mol. The zero-order valence-corrected chi connectivity index (χ0v) is 43.5. The van der Waals surface area contributed by atoms with Gasteiger partial charge in [0, 0.05) is 0 Å². The molecule has 7 aliphatic heterocycles. The predicted octanol–water partition coefficient (Wildman–Crippen LogP) is -16.2. The Labute approximate surface area is 461 Å². The minimum atomic E-state index is -5.23. The highest BCUT2D eigenvalue weighted by atomic mass is 31.2. The molecule has 0 amide bonds. The van der Waals surface area contributed by atoms with Crippen molar-refractivity contribution in [2.24, 2.45) is 5.73 Å². The molecule has 0 bridgehead atoms. The van der Waals surface area contributed by atoms with E-state index in [-0.39, 0.29) is 0 Å². The van der Waals surface area contributed by atoms with E-state index in [0.29, 0.717) is 0 Å². The summed E-state index contributed by atoms with van der Waals surface area (Å²) in [6.45, 7) is -7.45. The summed E-state index contributed by atoms with van der Waals surface area (Å²) in [5.74, 6) is 0. The molecular weight excluding hydrogens is 1160 g/mol. The first-order valence-electron chi connectivity index (χ1n) is 25.5. The summed E-state index contributed by atoms with van der Waals surface area (Å²) in [7, 11) is -5.23. The SMILES string of the molecule is N[C@@H]1[C@@H](O)[C@H](O[C@H]2O[C@H](CO[C@H]3O[C@H](CO)[C@@H](O)[C@H](O)[C@@H]3O[C@H]3O[C@H](CO)[C@@H](O)[C@H](O[C@@H]4O[C@@H]([C@H](O)CO)[C@H](O)[C@H]4O)[C@@H]3O[C@H]3O[C@H](CO)[C@@H](O)[C@H](O[C@@H]4O[C@@H]([C@H](O)CO)[C@H](O)[C@H]4O)[C@@H]3O)[C@@H](O)[C@H](O)[C@@H]2O)[C@@H](COP(=O)(O)O)O[C@@H]1O. The Hall–Kier alpha value is -1.29. The predicted molar refractivity (Wildman–Crippen MR) is 245 cm³/mol. The van der Waals surface area contributed by atoms with E-state index in [1.54, 1.807) is 0 Å². The van der Waals surface area contributed by atoms with Crippen molar-refractivity contribution in [3.8, 4) is 0 Å². The van der Waals surface area contributed by atoms with Gasteiger partial charge in [-0.05, 0) is 0 Å². The summed E-state index contributed by atoms with van der Waals surface area (Å²) in [5.41, 5.74) is 5.80. The highest BCUT2D eigenvalue weighted by Crippen LogP contribution is 2.40. The number of aliphatic hydroxyl groups is 21. The van der Waals surface area contributed by atoms with E-state index in [1.165, 1.54) is 0 Å². The largest absolute Gasteiger partial charge is 0.469 e. The molecule has 40 heteroatoms. The molecule has 35 atom stereocenters. The Morgan fingerprint density at radius 3 is 1.33 bits per heavy atom. The van der Waals surface area contributed by atoms with Crippen molar-refractivity contribution in [2.75, 3.05) is 46.2 Å². The Morgan fingerprint density at radius 2 is 0.793 bits per heavy atom. The van der Waals surface area contributed by atoms with Gasteiger partial charge in [-0.1, -0.05) is 0 Å². The van der Waals surface area contributed by atoms with E-state index in [0.717, 1.165) is 0 Å². The van der Waals surface area contributed by atoms with Crippen molar-refractivity contribution < 1.29 is 188 Å². The number of rotatable bonds is 23. The third-order valence-electron chi connectivity index (χ3n) is 14.8. The molecule has 0 aromatic carbocycles. The zero-order valence-electron chi connectivity index (χ0n) is 42.6. The van der Waals surface area contributed by atoms with Crippen molar-refractivity contribution in [2.45, 2.75) is 215 Å². The van der Waals surface area contributed by atoms with Gasteiger partial charge < -0.3 is 184 Å². The molecule has 0 radical (unpaired) electrons.